The minimum atomic E-state index is -0.940. The second kappa shape index (κ2) is 8.06. The molecule has 0 unspecified atom stereocenters. The molecule has 1 aliphatic carbocycles. The predicted molar refractivity (Wildman–Crippen MR) is 99.4 cm³/mol. The largest absolute Gasteiger partial charge is 0.478 e. The van der Waals surface area contributed by atoms with Crippen molar-refractivity contribution in [2.75, 3.05) is 0 Å². The number of halogens is 1. The van der Waals surface area contributed by atoms with Crippen LogP contribution < -0.4 is 5.73 Å². The Morgan fingerprint density at radius 1 is 1.15 bits per heavy atom. The van der Waals surface area contributed by atoms with Crippen molar-refractivity contribution in [1.82, 2.24) is 4.98 Å². The summed E-state index contributed by atoms with van der Waals surface area (Å²) in [5, 5.41) is 10.4. The molecule has 0 saturated heterocycles. The van der Waals surface area contributed by atoms with E-state index in [1.165, 1.54) is 31.5 Å². The van der Waals surface area contributed by atoms with E-state index in [2.05, 4.69) is 4.98 Å². The number of carbonyl (C=O) groups is 1. The van der Waals surface area contributed by atoms with E-state index in [4.69, 9.17) is 10.8 Å². The van der Waals surface area contributed by atoms with Crippen LogP contribution in [0.25, 0.3) is 10.8 Å². The molecule has 1 aromatic heterocycles. The van der Waals surface area contributed by atoms with Gasteiger partial charge in [0.05, 0.1) is 5.56 Å². The maximum absolute atomic E-state index is 12.9. The standard InChI is InChI=1S/C11H14FN.C10H7NO2/c12-10-6-2-5-9(7-10)11(13)8-3-1-4-8;12-10(13)9-6-11-5-7-3-1-2-4-8(7)9/h2,5-8,11H,1,3-4,13H2;1-6H,(H,12,13)/t11-;/m0./s1. The maximum Gasteiger partial charge on any atom is 0.337 e. The zero-order valence-corrected chi connectivity index (χ0v) is 14.3. The van der Waals surface area contributed by atoms with Gasteiger partial charge >= 0.3 is 5.97 Å². The smallest absolute Gasteiger partial charge is 0.337 e. The van der Waals surface area contributed by atoms with Gasteiger partial charge in [-0.1, -0.05) is 42.8 Å². The highest BCUT2D eigenvalue weighted by Crippen LogP contribution is 2.36. The predicted octanol–water partition coefficient (Wildman–Crippen LogP) is 4.56. The van der Waals surface area contributed by atoms with Gasteiger partial charge in [-0.05, 0) is 41.8 Å². The SMILES string of the molecule is N[C@H](c1cccc(F)c1)C1CCC1.O=C(O)c1cncc2ccccc12. The van der Waals surface area contributed by atoms with E-state index in [9.17, 15) is 9.18 Å². The Morgan fingerprint density at radius 3 is 2.58 bits per heavy atom. The van der Waals surface area contributed by atoms with Gasteiger partial charge < -0.3 is 10.8 Å². The quantitative estimate of drug-likeness (QED) is 0.724. The molecular formula is C21H21FN2O2. The molecule has 5 heteroatoms. The summed E-state index contributed by atoms with van der Waals surface area (Å²) in [6.45, 7) is 0. The van der Waals surface area contributed by atoms with Crippen LogP contribution in [0.3, 0.4) is 0 Å². The van der Waals surface area contributed by atoms with Crippen molar-refractivity contribution in [2.24, 2.45) is 11.7 Å². The number of benzene rings is 2. The monoisotopic (exact) mass is 352 g/mol. The van der Waals surface area contributed by atoms with E-state index >= 15 is 0 Å². The number of carboxylic acid groups (broad SMARTS) is 1. The molecule has 0 amide bonds. The van der Waals surface area contributed by atoms with Crippen LogP contribution in [0, 0.1) is 11.7 Å². The van der Waals surface area contributed by atoms with Crippen molar-refractivity contribution in [1.29, 1.82) is 0 Å². The number of carboxylic acids is 1. The van der Waals surface area contributed by atoms with E-state index < -0.39 is 5.97 Å². The number of nitrogens with two attached hydrogens (primary N) is 1. The summed E-state index contributed by atoms with van der Waals surface area (Å²) in [5.41, 5.74) is 7.19. The Bertz CT molecular complexity index is 904. The molecule has 0 spiro atoms. The summed E-state index contributed by atoms with van der Waals surface area (Å²) in [4.78, 5) is 14.6. The van der Waals surface area contributed by atoms with Crippen molar-refractivity contribution >= 4 is 16.7 Å². The zero-order valence-electron chi connectivity index (χ0n) is 14.3. The van der Waals surface area contributed by atoms with Crippen LogP contribution in [0.15, 0.2) is 60.9 Å². The fraction of sp³-hybridized carbons (Fsp3) is 0.238. The summed E-state index contributed by atoms with van der Waals surface area (Å²) in [7, 11) is 0. The van der Waals surface area contributed by atoms with Gasteiger partial charge in [-0.25, -0.2) is 9.18 Å². The number of pyridine rings is 1. The van der Waals surface area contributed by atoms with E-state index in [1.54, 1.807) is 24.4 Å². The lowest BCUT2D eigenvalue weighted by Gasteiger charge is -2.31. The topological polar surface area (TPSA) is 76.2 Å². The first-order valence-electron chi connectivity index (χ1n) is 8.63. The summed E-state index contributed by atoms with van der Waals surface area (Å²) in [6.07, 6.45) is 6.68. The second-order valence-corrected chi connectivity index (χ2v) is 6.49. The van der Waals surface area contributed by atoms with Gasteiger partial charge in [0, 0.05) is 23.8 Å². The maximum atomic E-state index is 12.9. The van der Waals surface area contributed by atoms with E-state index in [0.29, 0.717) is 5.92 Å². The Labute approximate surface area is 151 Å². The molecule has 1 fully saturated rings. The number of hydrogen-bond acceptors (Lipinski definition) is 3. The molecule has 26 heavy (non-hydrogen) atoms. The van der Waals surface area contributed by atoms with Gasteiger partial charge in [0.2, 0.25) is 0 Å². The van der Waals surface area contributed by atoms with Crippen molar-refractivity contribution in [3.05, 3.63) is 77.9 Å². The highest BCUT2D eigenvalue weighted by Gasteiger charge is 2.25. The minimum Gasteiger partial charge on any atom is -0.478 e. The minimum absolute atomic E-state index is 0.0319. The van der Waals surface area contributed by atoms with E-state index in [1.807, 2.05) is 24.3 Å². The molecule has 1 saturated carbocycles. The molecule has 2 aromatic carbocycles. The molecule has 3 N–H and O–H groups in total. The van der Waals surface area contributed by atoms with Crippen LogP contribution in [0.1, 0.15) is 41.2 Å². The van der Waals surface area contributed by atoms with E-state index in [0.717, 1.165) is 16.3 Å². The number of nitrogens with zero attached hydrogens (tertiary/aromatic N) is 1. The molecule has 0 radical (unpaired) electrons. The van der Waals surface area contributed by atoms with E-state index in [-0.39, 0.29) is 17.4 Å². The molecule has 1 atom stereocenters. The third-order valence-corrected chi connectivity index (χ3v) is 4.79. The summed E-state index contributed by atoms with van der Waals surface area (Å²) >= 11 is 0. The Hall–Kier alpha value is -2.79. The number of fused-ring (bicyclic) bond motifs is 1. The van der Waals surface area contributed by atoms with Gasteiger partial charge in [-0.2, -0.15) is 0 Å². The highest BCUT2D eigenvalue weighted by atomic mass is 19.1. The van der Waals surface area contributed by atoms with Gasteiger partial charge in [-0.3, -0.25) is 4.98 Å². The molecule has 1 aliphatic rings. The number of aromatic carboxylic acids is 1. The van der Waals surface area contributed by atoms with Gasteiger partial charge in [0.25, 0.3) is 0 Å². The first-order chi connectivity index (χ1) is 12.6. The lowest BCUT2D eigenvalue weighted by atomic mass is 9.77. The zero-order chi connectivity index (χ0) is 18.5. The Morgan fingerprint density at radius 2 is 1.92 bits per heavy atom. The lowest BCUT2D eigenvalue weighted by molar-refractivity contribution is 0.0698. The molecule has 0 aliphatic heterocycles. The molecule has 1 heterocycles. The number of hydrogen-bond donors (Lipinski definition) is 2. The summed E-state index contributed by atoms with van der Waals surface area (Å²) in [6, 6.07) is 14.0. The first kappa shape index (κ1) is 18.0. The van der Waals surface area contributed by atoms with Crippen LogP contribution in [0.5, 0.6) is 0 Å². The Balaban J connectivity index is 0.000000151. The molecular weight excluding hydrogens is 331 g/mol. The fourth-order valence-electron chi connectivity index (χ4n) is 3.07. The molecule has 4 nitrogen and oxygen atoms in total. The van der Waals surface area contributed by atoms with Gasteiger partial charge in [0.1, 0.15) is 5.82 Å². The third kappa shape index (κ3) is 4.06. The van der Waals surface area contributed by atoms with Gasteiger partial charge in [-0.15, -0.1) is 0 Å². The van der Waals surface area contributed by atoms with Crippen LogP contribution in [-0.4, -0.2) is 16.1 Å². The van der Waals surface area contributed by atoms with Crippen LogP contribution >= 0.6 is 0 Å². The molecule has 0 bridgehead atoms. The number of rotatable bonds is 3. The normalized spacial score (nSPS) is 14.8. The highest BCUT2D eigenvalue weighted by molar-refractivity contribution is 6.02. The lowest BCUT2D eigenvalue weighted by Crippen LogP contribution is -2.26. The van der Waals surface area contributed by atoms with Crippen LogP contribution in [0.2, 0.25) is 0 Å². The van der Waals surface area contributed by atoms with Crippen molar-refractivity contribution in [2.45, 2.75) is 25.3 Å². The number of aromatic nitrogens is 1. The molecule has 4 rings (SSSR count). The summed E-state index contributed by atoms with van der Waals surface area (Å²) in [5.74, 6) is -0.557. The van der Waals surface area contributed by atoms with Crippen molar-refractivity contribution in [3.63, 3.8) is 0 Å². The Kier molecular flexibility index (Phi) is 5.58. The van der Waals surface area contributed by atoms with Gasteiger partial charge in [0.15, 0.2) is 0 Å². The van der Waals surface area contributed by atoms with Crippen molar-refractivity contribution in [3.8, 4) is 0 Å². The van der Waals surface area contributed by atoms with Crippen molar-refractivity contribution < 1.29 is 14.3 Å². The van der Waals surface area contributed by atoms with Crippen LogP contribution in [-0.2, 0) is 0 Å². The molecule has 134 valence electrons. The van der Waals surface area contributed by atoms with Crippen LogP contribution in [0.4, 0.5) is 4.39 Å². The average molecular weight is 352 g/mol. The fourth-order valence-corrected chi connectivity index (χ4v) is 3.07. The first-order valence-corrected chi connectivity index (χ1v) is 8.63. The average Bonchev–Trinajstić information content (AvgIpc) is 2.60. The second-order valence-electron chi connectivity index (χ2n) is 6.49. The molecule has 3 aromatic rings. The third-order valence-electron chi connectivity index (χ3n) is 4.79. The summed E-state index contributed by atoms with van der Waals surface area (Å²) < 4.78 is 12.9.